The molecule has 152 valence electrons. The molecular formula is C23H26FN3OS. The highest BCUT2D eigenvalue weighted by atomic mass is 32.1. The first-order valence-electron chi connectivity index (χ1n) is 10.7. The van der Waals surface area contributed by atoms with E-state index in [9.17, 15) is 9.18 Å². The molecule has 0 unspecified atom stereocenters. The van der Waals surface area contributed by atoms with Gasteiger partial charge in [0, 0.05) is 17.5 Å². The van der Waals surface area contributed by atoms with Gasteiger partial charge in [0.2, 0.25) is 0 Å². The van der Waals surface area contributed by atoms with Gasteiger partial charge >= 0.3 is 0 Å². The largest absolute Gasteiger partial charge is 0.309 e. The lowest BCUT2D eigenvalue weighted by molar-refractivity contribution is 0.136. The SMILES string of the molecule is O=c1[nH]c(CN(Cc2ccc(F)cc2)C2CCCCC2)nc2sc3c(c12)CCC3. The molecule has 6 heteroatoms. The molecule has 0 spiro atoms. The highest BCUT2D eigenvalue weighted by molar-refractivity contribution is 7.18. The molecule has 0 bridgehead atoms. The van der Waals surface area contributed by atoms with Crippen molar-refractivity contribution >= 4 is 21.6 Å². The van der Waals surface area contributed by atoms with Crippen molar-refractivity contribution in [2.24, 2.45) is 0 Å². The number of aryl methyl sites for hydroxylation is 2. The van der Waals surface area contributed by atoms with Crippen molar-refractivity contribution in [3.05, 3.63) is 62.3 Å². The zero-order chi connectivity index (χ0) is 19.8. The van der Waals surface area contributed by atoms with Gasteiger partial charge in [-0.3, -0.25) is 9.69 Å². The van der Waals surface area contributed by atoms with Crippen LogP contribution in [-0.4, -0.2) is 20.9 Å². The summed E-state index contributed by atoms with van der Waals surface area (Å²) in [6.45, 7) is 1.36. The lowest BCUT2D eigenvalue weighted by atomic mass is 9.93. The Bertz CT molecular complexity index is 1070. The van der Waals surface area contributed by atoms with Gasteiger partial charge in [-0.1, -0.05) is 31.4 Å². The molecule has 1 aromatic carbocycles. The smallest absolute Gasteiger partial charge is 0.259 e. The van der Waals surface area contributed by atoms with Crippen molar-refractivity contribution in [3.63, 3.8) is 0 Å². The number of fused-ring (bicyclic) bond motifs is 3. The summed E-state index contributed by atoms with van der Waals surface area (Å²) in [5.74, 6) is 0.537. The van der Waals surface area contributed by atoms with Crippen LogP contribution in [0.3, 0.4) is 0 Å². The van der Waals surface area contributed by atoms with E-state index in [1.54, 1.807) is 11.3 Å². The van der Waals surface area contributed by atoms with Crippen LogP contribution in [0, 0.1) is 5.82 Å². The van der Waals surface area contributed by atoms with Gasteiger partial charge in [0.05, 0.1) is 11.9 Å². The van der Waals surface area contributed by atoms with E-state index in [2.05, 4.69) is 9.88 Å². The van der Waals surface area contributed by atoms with E-state index >= 15 is 0 Å². The average molecular weight is 412 g/mol. The zero-order valence-electron chi connectivity index (χ0n) is 16.5. The van der Waals surface area contributed by atoms with Crippen LogP contribution in [0.15, 0.2) is 29.1 Å². The Balaban J connectivity index is 1.44. The molecule has 0 atom stereocenters. The lowest BCUT2D eigenvalue weighted by Crippen LogP contribution is -2.36. The molecule has 0 saturated heterocycles. The number of thiophene rings is 1. The fraction of sp³-hybridized carbons (Fsp3) is 0.478. The Labute approximate surface area is 173 Å². The number of nitrogens with one attached hydrogen (secondary N) is 1. The fourth-order valence-electron chi connectivity index (χ4n) is 4.90. The normalized spacial score (nSPS) is 17.3. The number of nitrogens with zero attached hydrogens (tertiary/aromatic N) is 2. The third-order valence-corrected chi connectivity index (χ3v) is 7.55. The summed E-state index contributed by atoms with van der Waals surface area (Å²) < 4.78 is 13.3. The third-order valence-electron chi connectivity index (χ3n) is 6.37. The highest BCUT2D eigenvalue weighted by Crippen LogP contribution is 2.34. The van der Waals surface area contributed by atoms with Crippen LogP contribution in [0.2, 0.25) is 0 Å². The number of aromatic amines is 1. The first kappa shape index (κ1) is 18.9. The highest BCUT2D eigenvalue weighted by Gasteiger charge is 2.24. The monoisotopic (exact) mass is 411 g/mol. The Morgan fingerprint density at radius 3 is 2.66 bits per heavy atom. The fourth-order valence-corrected chi connectivity index (χ4v) is 6.18. The zero-order valence-corrected chi connectivity index (χ0v) is 17.4. The van der Waals surface area contributed by atoms with E-state index in [0.717, 1.165) is 47.4 Å². The topological polar surface area (TPSA) is 49.0 Å². The number of hydrogen-bond donors (Lipinski definition) is 1. The molecular weight excluding hydrogens is 385 g/mol. The standard InChI is InChI=1S/C23H26FN3OS/c24-16-11-9-15(10-12-16)13-27(17-5-2-1-3-6-17)14-20-25-22(28)21-18-7-4-8-19(18)29-23(21)26-20/h9-12,17H,1-8,13-14H2,(H,25,26,28). The maximum absolute atomic E-state index is 13.3. The first-order chi connectivity index (χ1) is 14.2. The third kappa shape index (κ3) is 3.88. The molecule has 2 aliphatic carbocycles. The molecule has 2 aromatic heterocycles. The molecule has 3 aromatic rings. The quantitative estimate of drug-likeness (QED) is 0.646. The van der Waals surface area contributed by atoms with Crippen molar-refractivity contribution in [2.75, 3.05) is 0 Å². The van der Waals surface area contributed by atoms with Crippen molar-refractivity contribution in [3.8, 4) is 0 Å². The lowest BCUT2D eigenvalue weighted by Gasteiger charge is -2.34. The van der Waals surface area contributed by atoms with Gasteiger partial charge in [0.25, 0.3) is 5.56 Å². The summed E-state index contributed by atoms with van der Waals surface area (Å²) >= 11 is 1.69. The Morgan fingerprint density at radius 2 is 1.86 bits per heavy atom. The van der Waals surface area contributed by atoms with E-state index in [1.165, 1.54) is 54.7 Å². The maximum atomic E-state index is 13.3. The molecule has 0 amide bonds. The predicted molar refractivity (Wildman–Crippen MR) is 115 cm³/mol. The Morgan fingerprint density at radius 1 is 1.07 bits per heavy atom. The number of aromatic nitrogens is 2. The van der Waals surface area contributed by atoms with E-state index in [-0.39, 0.29) is 11.4 Å². The molecule has 1 saturated carbocycles. The van der Waals surface area contributed by atoms with Crippen molar-refractivity contribution in [2.45, 2.75) is 70.5 Å². The predicted octanol–water partition coefficient (Wildman–Crippen LogP) is 4.95. The second-order valence-electron chi connectivity index (χ2n) is 8.37. The van der Waals surface area contributed by atoms with Crippen LogP contribution in [0.1, 0.15) is 60.4 Å². The molecule has 1 N–H and O–H groups in total. The van der Waals surface area contributed by atoms with E-state index in [1.807, 2.05) is 12.1 Å². The Kier molecular flexibility index (Phi) is 5.22. The summed E-state index contributed by atoms with van der Waals surface area (Å²) in [6, 6.07) is 7.23. The molecule has 29 heavy (non-hydrogen) atoms. The minimum Gasteiger partial charge on any atom is -0.309 e. The molecule has 1 fully saturated rings. The van der Waals surface area contributed by atoms with E-state index in [4.69, 9.17) is 4.98 Å². The minimum atomic E-state index is -0.208. The van der Waals surface area contributed by atoms with E-state index < -0.39 is 0 Å². The van der Waals surface area contributed by atoms with Gasteiger partial charge in [-0.25, -0.2) is 9.37 Å². The van der Waals surface area contributed by atoms with Gasteiger partial charge in [-0.05, 0) is 55.4 Å². The number of rotatable bonds is 5. The second-order valence-corrected chi connectivity index (χ2v) is 9.46. The molecule has 2 heterocycles. The number of hydrogen-bond acceptors (Lipinski definition) is 4. The second kappa shape index (κ2) is 8.00. The molecule has 5 rings (SSSR count). The van der Waals surface area contributed by atoms with E-state index in [0.29, 0.717) is 12.6 Å². The van der Waals surface area contributed by atoms with Crippen LogP contribution >= 0.6 is 11.3 Å². The molecule has 2 aliphatic rings. The van der Waals surface area contributed by atoms with Gasteiger partial charge in [0.15, 0.2) is 0 Å². The van der Waals surface area contributed by atoms with Crippen molar-refractivity contribution < 1.29 is 4.39 Å². The van der Waals surface area contributed by atoms with Gasteiger partial charge in [0.1, 0.15) is 16.5 Å². The van der Waals surface area contributed by atoms with Crippen LogP contribution in [0.4, 0.5) is 4.39 Å². The van der Waals surface area contributed by atoms with Crippen molar-refractivity contribution in [1.82, 2.24) is 14.9 Å². The minimum absolute atomic E-state index is 0.00905. The van der Waals surface area contributed by atoms with Crippen LogP contribution < -0.4 is 5.56 Å². The van der Waals surface area contributed by atoms with Crippen LogP contribution in [0.5, 0.6) is 0 Å². The average Bonchev–Trinajstić information content (AvgIpc) is 3.30. The van der Waals surface area contributed by atoms with Crippen LogP contribution in [-0.2, 0) is 25.9 Å². The maximum Gasteiger partial charge on any atom is 0.259 e. The summed E-state index contributed by atoms with van der Waals surface area (Å²) in [6.07, 6.45) is 9.33. The molecule has 0 aliphatic heterocycles. The number of H-pyrrole nitrogens is 1. The van der Waals surface area contributed by atoms with Gasteiger partial charge < -0.3 is 4.98 Å². The first-order valence-corrected chi connectivity index (χ1v) is 11.5. The summed E-state index contributed by atoms with van der Waals surface area (Å²) in [5, 5.41) is 0.814. The van der Waals surface area contributed by atoms with Gasteiger partial charge in [-0.15, -0.1) is 11.3 Å². The van der Waals surface area contributed by atoms with Gasteiger partial charge in [-0.2, -0.15) is 0 Å². The molecule has 4 nitrogen and oxygen atoms in total. The number of benzene rings is 1. The summed E-state index contributed by atoms with van der Waals surface area (Å²) in [4.78, 5) is 25.4. The summed E-state index contributed by atoms with van der Waals surface area (Å²) in [7, 11) is 0. The Hall–Kier alpha value is -2.05. The summed E-state index contributed by atoms with van der Waals surface area (Å²) in [5.41, 5.74) is 2.33. The number of halogens is 1. The van der Waals surface area contributed by atoms with Crippen LogP contribution in [0.25, 0.3) is 10.2 Å². The molecule has 0 radical (unpaired) electrons. The van der Waals surface area contributed by atoms with Crippen molar-refractivity contribution in [1.29, 1.82) is 0 Å².